The lowest BCUT2D eigenvalue weighted by atomic mass is 9.85. The fourth-order valence-corrected chi connectivity index (χ4v) is 4.22. The second-order valence-corrected chi connectivity index (χ2v) is 7.63. The Kier molecular flexibility index (Phi) is 4.93. The van der Waals surface area contributed by atoms with Crippen LogP contribution in [0.3, 0.4) is 0 Å². The molecular weight excluding hydrogens is 310 g/mol. The summed E-state index contributed by atoms with van der Waals surface area (Å²) in [6.45, 7) is 4.92. The van der Waals surface area contributed by atoms with Gasteiger partial charge in [0.2, 0.25) is 0 Å². The van der Waals surface area contributed by atoms with Crippen LogP contribution < -0.4 is 5.73 Å². The molecule has 0 amide bonds. The van der Waals surface area contributed by atoms with Crippen molar-refractivity contribution in [1.29, 1.82) is 0 Å². The third-order valence-electron chi connectivity index (χ3n) is 5.92. The molecule has 0 unspecified atom stereocenters. The number of nitrogens with two attached hydrogens (primary N) is 1. The molecule has 25 heavy (non-hydrogen) atoms. The van der Waals surface area contributed by atoms with E-state index in [0.29, 0.717) is 6.04 Å². The minimum Gasteiger partial charge on any atom is -0.468 e. The molecule has 0 spiro atoms. The molecule has 4 rings (SSSR count). The second kappa shape index (κ2) is 7.32. The Morgan fingerprint density at radius 1 is 1.08 bits per heavy atom. The summed E-state index contributed by atoms with van der Waals surface area (Å²) in [6, 6.07) is 15.5. The smallest absolute Gasteiger partial charge is 0.117 e. The van der Waals surface area contributed by atoms with E-state index in [4.69, 9.17) is 10.2 Å². The molecule has 1 aliphatic heterocycles. The van der Waals surface area contributed by atoms with E-state index in [1.54, 1.807) is 6.26 Å². The highest BCUT2D eigenvalue weighted by Gasteiger charge is 2.45. The van der Waals surface area contributed by atoms with Crippen molar-refractivity contribution in [2.24, 2.45) is 5.73 Å². The van der Waals surface area contributed by atoms with Gasteiger partial charge in [-0.25, -0.2) is 0 Å². The van der Waals surface area contributed by atoms with Crippen LogP contribution in [0.1, 0.15) is 37.0 Å². The molecule has 0 atom stereocenters. The van der Waals surface area contributed by atoms with Gasteiger partial charge in [-0.2, -0.15) is 0 Å². The largest absolute Gasteiger partial charge is 0.468 e. The van der Waals surface area contributed by atoms with Crippen LogP contribution >= 0.6 is 0 Å². The van der Waals surface area contributed by atoms with Crippen LogP contribution in [0.5, 0.6) is 0 Å². The van der Waals surface area contributed by atoms with E-state index in [0.717, 1.165) is 51.3 Å². The van der Waals surface area contributed by atoms with Gasteiger partial charge in [0.1, 0.15) is 5.76 Å². The monoisotopic (exact) mass is 339 g/mol. The fraction of sp³-hybridized carbons (Fsp3) is 0.524. The lowest BCUT2D eigenvalue weighted by Crippen LogP contribution is -2.59. The highest BCUT2D eigenvalue weighted by molar-refractivity contribution is 5.15. The van der Waals surface area contributed by atoms with Gasteiger partial charge < -0.3 is 10.2 Å². The Balaban J connectivity index is 1.42. The van der Waals surface area contributed by atoms with Crippen LogP contribution in [0.25, 0.3) is 0 Å². The Morgan fingerprint density at radius 2 is 1.84 bits per heavy atom. The molecule has 0 radical (unpaired) electrons. The number of benzene rings is 1. The van der Waals surface area contributed by atoms with Crippen molar-refractivity contribution in [1.82, 2.24) is 9.80 Å². The van der Waals surface area contributed by atoms with Gasteiger partial charge >= 0.3 is 0 Å². The summed E-state index contributed by atoms with van der Waals surface area (Å²) in [5.74, 6) is 1.06. The number of hydrogen-bond donors (Lipinski definition) is 1. The van der Waals surface area contributed by atoms with Crippen LogP contribution in [0.4, 0.5) is 0 Å². The standard InChI is InChI=1S/C21H29N3O/c22-17-21(24(19-8-9-19)16-20-7-4-14-25-20)10-12-23(13-11-21)15-18-5-2-1-3-6-18/h1-7,14,19H,8-13,15-17,22H2. The van der Waals surface area contributed by atoms with Crippen molar-refractivity contribution >= 4 is 0 Å². The van der Waals surface area contributed by atoms with E-state index in [9.17, 15) is 0 Å². The topological polar surface area (TPSA) is 45.6 Å². The Hall–Kier alpha value is -1.62. The Labute approximate surface area is 150 Å². The van der Waals surface area contributed by atoms with Gasteiger partial charge in [-0.1, -0.05) is 30.3 Å². The second-order valence-electron chi connectivity index (χ2n) is 7.63. The van der Waals surface area contributed by atoms with Gasteiger partial charge in [0, 0.05) is 37.8 Å². The first kappa shape index (κ1) is 16.8. The minimum atomic E-state index is 0.126. The molecule has 4 heteroatoms. The summed E-state index contributed by atoms with van der Waals surface area (Å²) in [6.07, 6.45) is 6.67. The van der Waals surface area contributed by atoms with Gasteiger partial charge in [0.25, 0.3) is 0 Å². The molecule has 2 heterocycles. The van der Waals surface area contributed by atoms with Crippen LogP contribution in [0.15, 0.2) is 53.1 Å². The zero-order chi connectivity index (χ0) is 17.1. The number of nitrogens with zero attached hydrogens (tertiary/aromatic N) is 2. The van der Waals surface area contributed by atoms with Gasteiger partial charge in [0.05, 0.1) is 12.8 Å². The van der Waals surface area contributed by atoms with E-state index in [2.05, 4.69) is 46.2 Å². The summed E-state index contributed by atoms with van der Waals surface area (Å²) in [5, 5.41) is 0. The third-order valence-corrected chi connectivity index (χ3v) is 5.92. The highest BCUT2D eigenvalue weighted by atomic mass is 16.3. The first-order valence-corrected chi connectivity index (χ1v) is 9.55. The molecule has 4 nitrogen and oxygen atoms in total. The highest BCUT2D eigenvalue weighted by Crippen LogP contribution is 2.39. The number of rotatable bonds is 7. The molecule has 1 aliphatic carbocycles. The van der Waals surface area contributed by atoms with Crippen molar-refractivity contribution in [2.75, 3.05) is 19.6 Å². The minimum absolute atomic E-state index is 0.126. The van der Waals surface area contributed by atoms with Gasteiger partial charge in [-0.05, 0) is 43.4 Å². The number of likely N-dealkylation sites (tertiary alicyclic amines) is 1. The fourth-order valence-electron chi connectivity index (χ4n) is 4.22. The maximum atomic E-state index is 6.34. The normalized spacial score (nSPS) is 20.9. The quantitative estimate of drug-likeness (QED) is 0.841. The summed E-state index contributed by atoms with van der Waals surface area (Å²) < 4.78 is 5.63. The van der Waals surface area contributed by atoms with E-state index in [1.165, 1.54) is 18.4 Å². The zero-order valence-electron chi connectivity index (χ0n) is 14.9. The lowest BCUT2D eigenvalue weighted by molar-refractivity contribution is 0.00820. The molecule has 134 valence electrons. The molecule has 1 saturated carbocycles. The van der Waals surface area contributed by atoms with Crippen molar-refractivity contribution < 1.29 is 4.42 Å². The Bertz CT molecular complexity index is 643. The number of furan rings is 1. The van der Waals surface area contributed by atoms with E-state index in [-0.39, 0.29) is 5.54 Å². The Morgan fingerprint density at radius 3 is 2.44 bits per heavy atom. The molecule has 0 bridgehead atoms. The van der Waals surface area contributed by atoms with Crippen molar-refractivity contribution in [3.8, 4) is 0 Å². The van der Waals surface area contributed by atoms with Crippen LogP contribution in [0, 0.1) is 0 Å². The molecule has 2 N–H and O–H groups in total. The number of hydrogen-bond acceptors (Lipinski definition) is 4. The average molecular weight is 339 g/mol. The molecular formula is C21H29N3O. The molecule has 2 aliphatic rings. The molecule has 1 saturated heterocycles. The van der Waals surface area contributed by atoms with Crippen molar-refractivity contribution in [3.05, 3.63) is 60.1 Å². The summed E-state index contributed by atoms with van der Waals surface area (Å²) in [5.41, 5.74) is 7.87. The van der Waals surface area contributed by atoms with Gasteiger partial charge in [-0.15, -0.1) is 0 Å². The SMILES string of the molecule is NCC1(N(Cc2ccco2)C2CC2)CCN(Cc2ccccc2)CC1. The lowest BCUT2D eigenvalue weighted by Gasteiger charge is -2.48. The van der Waals surface area contributed by atoms with Crippen molar-refractivity contribution in [2.45, 2.75) is 50.4 Å². The maximum Gasteiger partial charge on any atom is 0.117 e. The molecule has 1 aromatic heterocycles. The third kappa shape index (κ3) is 3.81. The number of piperidine rings is 1. The predicted octanol–water partition coefficient (Wildman–Crippen LogP) is 3.24. The van der Waals surface area contributed by atoms with Crippen molar-refractivity contribution in [3.63, 3.8) is 0 Å². The summed E-state index contributed by atoms with van der Waals surface area (Å²) in [7, 11) is 0. The van der Waals surface area contributed by atoms with Gasteiger partial charge in [0.15, 0.2) is 0 Å². The van der Waals surface area contributed by atoms with E-state index < -0.39 is 0 Å². The zero-order valence-corrected chi connectivity index (χ0v) is 14.9. The van der Waals surface area contributed by atoms with Crippen LogP contribution in [0.2, 0.25) is 0 Å². The molecule has 2 fully saturated rings. The summed E-state index contributed by atoms with van der Waals surface area (Å²) in [4.78, 5) is 5.23. The summed E-state index contributed by atoms with van der Waals surface area (Å²) >= 11 is 0. The molecule has 2 aromatic rings. The maximum absolute atomic E-state index is 6.34. The van der Waals surface area contributed by atoms with Gasteiger partial charge in [-0.3, -0.25) is 9.80 Å². The first-order chi connectivity index (χ1) is 12.3. The van der Waals surface area contributed by atoms with E-state index in [1.807, 2.05) is 6.07 Å². The van der Waals surface area contributed by atoms with Crippen LogP contribution in [-0.4, -0.2) is 41.0 Å². The predicted molar refractivity (Wildman–Crippen MR) is 100 cm³/mol. The average Bonchev–Trinajstić information content (AvgIpc) is 3.37. The van der Waals surface area contributed by atoms with Crippen LogP contribution in [-0.2, 0) is 13.1 Å². The molecule has 1 aromatic carbocycles. The van der Waals surface area contributed by atoms with E-state index >= 15 is 0 Å². The first-order valence-electron chi connectivity index (χ1n) is 9.55.